The van der Waals surface area contributed by atoms with Gasteiger partial charge < -0.3 is 5.32 Å². The van der Waals surface area contributed by atoms with Gasteiger partial charge in [-0.3, -0.25) is 0 Å². The molecule has 84 valence electrons. The Morgan fingerprint density at radius 3 is 2.88 bits per heavy atom. The first-order valence-corrected chi connectivity index (χ1v) is 5.42. The molecule has 17 heavy (non-hydrogen) atoms. The van der Waals surface area contributed by atoms with Crippen molar-refractivity contribution < 1.29 is 0 Å². The predicted molar refractivity (Wildman–Crippen MR) is 65.8 cm³/mol. The smallest absolute Gasteiger partial charge is 0.171 e. The number of hydrogen-bond donors (Lipinski definition) is 1. The molecule has 0 aliphatic heterocycles. The van der Waals surface area contributed by atoms with Crippen LogP contribution >= 0.6 is 0 Å². The Morgan fingerprint density at radius 1 is 1.29 bits per heavy atom. The third kappa shape index (κ3) is 2.40. The van der Waals surface area contributed by atoms with Crippen LogP contribution in [0, 0.1) is 11.3 Å². The minimum Gasteiger partial charge on any atom is -0.337 e. The Balaban J connectivity index is 2.35. The van der Waals surface area contributed by atoms with Gasteiger partial charge in [0.25, 0.3) is 0 Å². The van der Waals surface area contributed by atoms with Gasteiger partial charge in [-0.1, -0.05) is 25.1 Å². The first kappa shape index (κ1) is 11.1. The molecule has 4 nitrogen and oxygen atoms in total. The zero-order valence-corrected chi connectivity index (χ0v) is 9.51. The monoisotopic (exact) mass is 224 g/mol. The Hall–Kier alpha value is -2.41. The molecule has 0 radical (unpaired) electrons. The van der Waals surface area contributed by atoms with E-state index in [1.54, 1.807) is 6.07 Å². The lowest BCUT2D eigenvalue weighted by atomic mass is 10.1. The van der Waals surface area contributed by atoms with E-state index >= 15 is 0 Å². The molecule has 0 spiro atoms. The van der Waals surface area contributed by atoms with Gasteiger partial charge in [0.15, 0.2) is 5.82 Å². The molecule has 0 fully saturated rings. The molecule has 0 unspecified atom stereocenters. The molecule has 1 N–H and O–H groups in total. The summed E-state index contributed by atoms with van der Waals surface area (Å²) in [6, 6.07) is 11.7. The summed E-state index contributed by atoms with van der Waals surface area (Å²) in [4.78, 5) is 0. The van der Waals surface area contributed by atoms with Crippen molar-refractivity contribution in [2.24, 2.45) is 0 Å². The molecule has 0 aliphatic carbocycles. The molecule has 0 saturated carbocycles. The highest BCUT2D eigenvalue weighted by atomic mass is 15.2. The van der Waals surface area contributed by atoms with E-state index in [0.717, 1.165) is 12.1 Å². The van der Waals surface area contributed by atoms with Gasteiger partial charge in [-0.2, -0.15) is 10.4 Å². The van der Waals surface area contributed by atoms with Crippen molar-refractivity contribution in [3.8, 4) is 6.07 Å². The second-order valence-electron chi connectivity index (χ2n) is 3.54. The topological polar surface area (TPSA) is 61.6 Å². The van der Waals surface area contributed by atoms with Crippen LogP contribution in [0.15, 0.2) is 36.5 Å². The van der Waals surface area contributed by atoms with Crippen LogP contribution in [0.4, 0.5) is 11.5 Å². The predicted octanol–water partition coefficient (Wildman–Crippen LogP) is 2.65. The van der Waals surface area contributed by atoms with Crippen molar-refractivity contribution >= 4 is 11.5 Å². The molecule has 0 amide bonds. The van der Waals surface area contributed by atoms with E-state index in [2.05, 4.69) is 28.5 Å². The van der Waals surface area contributed by atoms with Gasteiger partial charge in [0.2, 0.25) is 0 Å². The summed E-state index contributed by atoms with van der Waals surface area (Å²) in [5.41, 5.74) is 2.64. The van der Waals surface area contributed by atoms with E-state index in [0.29, 0.717) is 11.4 Å². The van der Waals surface area contributed by atoms with E-state index in [1.807, 2.05) is 24.3 Å². The zero-order valence-electron chi connectivity index (χ0n) is 9.51. The van der Waals surface area contributed by atoms with E-state index in [9.17, 15) is 0 Å². The summed E-state index contributed by atoms with van der Waals surface area (Å²) < 4.78 is 0. The van der Waals surface area contributed by atoms with E-state index in [-0.39, 0.29) is 0 Å². The second kappa shape index (κ2) is 5.08. The van der Waals surface area contributed by atoms with Crippen LogP contribution in [0.3, 0.4) is 0 Å². The third-order valence-electron chi connectivity index (χ3n) is 2.49. The summed E-state index contributed by atoms with van der Waals surface area (Å²) in [5.74, 6) is 0.496. The number of benzene rings is 1. The summed E-state index contributed by atoms with van der Waals surface area (Å²) in [6.07, 6.45) is 2.43. The summed E-state index contributed by atoms with van der Waals surface area (Å²) >= 11 is 0. The standard InChI is InChI=1S/C13H12N4/c1-2-10-5-3-4-6-12(10)16-13-11(9-14)7-8-15-17-13/h3-8H,2H2,1H3,(H,16,17). The molecule has 0 aliphatic rings. The quantitative estimate of drug-likeness (QED) is 0.870. The molecular weight excluding hydrogens is 212 g/mol. The van der Waals surface area contributed by atoms with Crippen molar-refractivity contribution in [3.63, 3.8) is 0 Å². The Kier molecular flexibility index (Phi) is 3.31. The molecule has 2 aromatic rings. The average molecular weight is 224 g/mol. The van der Waals surface area contributed by atoms with Crippen molar-refractivity contribution in [2.75, 3.05) is 5.32 Å². The van der Waals surface area contributed by atoms with E-state index in [4.69, 9.17) is 5.26 Å². The van der Waals surface area contributed by atoms with Gasteiger partial charge in [-0.05, 0) is 24.1 Å². The van der Waals surface area contributed by atoms with Gasteiger partial charge in [0, 0.05) is 5.69 Å². The molecule has 0 saturated heterocycles. The molecule has 1 aromatic carbocycles. The van der Waals surface area contributed by atoms with Crippen LogP contribution in [-0.4, -0.2) is 10.2 Å². The fourth-order valence-electron chi connectivity index (χ4n) is 1.59. The summed E-state index contributed by atoms with van der Waals surface area (Å²) in [6.45, 7) is 2.09. The maximum Gasteiger partial charge on any atom is 0.171 e. The number of nitrogens with zero attached hydrogens (tertiary/aromatic N) is 3. The van der Waals surface area contributed by atoms with E-state index < -0.39 is 0 Å². The minimum atomic E-state index is 0.492. The van der Waals surface area contributed by atoms with Crippen LogP contribution in [0.5, 0.6) is 0 Å². The molecule has 1 heterocycles. The van der Waals surface area contributed by atoms with Gasteiger partial charge in [-0.15, -0.1) is 5.10 Å². The number of rotatable bonds is 3. The number of nitrogens with one attached hydrogen (secondary N) is 1. The molecular formula is C13H12N4. The maximum atomic E-state index is 8.97. The fourth-order valence-corrected chi connectivity index (χ4v) is 1.59. The average Bonchev–Trinajstić information content (AvgIpc) is 2.40. The number of anilines is 2. The first-order valence-electron chi connectivity index (χ1n) is 5.42. The molecule has 0 atom stereocenters. The van der Waals surface area contributed by atoms with E-state index in [1.165, 1.54) is 11.8 Å². The number of aromatic nitrogens is 2. The third-order valence-corrected chi connectivity index (χ3v) is 2.49. The van der Waals surface area contributed by atoms with Crippen molar-refractivity contribution in [3.05, 3.63) is 47.7 Å². The lowest BCUT2D eigenvalue weighted by molar-refractivity contribution is 1.03. The maximum absolute atomic E-state index is 8.97. The zero-order chi connectivity index (χ0) is 12.1. The van der Waals surface area contributed by atoms with Crippen molar-refractivity contribution in [1.29, 1.82) is 5.26 Å². The Bertz CT molecular complexity index is 557. The number of hydrogen-bond acceptors (Lipinski definition) is 4. The number of aryl methyl sites for hydroxylation is 1. The van der Waals surface area contributed by atoms with Gasteiger partial charge in [0.1, 0.15) is 6.07 Å². The highest BCUT2D eigenvalue weighted by Gasteiger charge is 2.05. The van der Waals surface area contributed by atoms with Crippen LogP contribution in [0.25, 0.3) is 0 Å². The normalized spacial score (nSPS) is 9.65. The van der Waals surface area contributed by atoms with Crippen LogP contribution in [0.1, 0.15) is 18.1 Å². The van der Waals surface area contributed by atoms with Crippen LogP contribution in [0.2, 0.25) is 0 Å². The Morgan fingerprint density at radius 2 is 2.12 bits per heavy atom. The lowest BCUT2D eigenvalue weighted by Crippen LogP contribution is -2.00. The molecule has 0 bridgehead atoms. The second-order valence-corrected chi connectivity index (χ2v) is 3.54. The number of nitriles is 1. The highest BCUT2D eigenvalue weighted by Crippen LogP contribution is 2.21. The van der Waals surface area contributed by atoms with Gasteiger partial charge in [0.05, 0.1) is 11.8 Å². The largest absolute Gasteiger partial charge is 0.337 e. The minimum absolute atomic E-state index is 0.492. The first-order chi connectivity index (χ1) is 8.35. The highest BCUT2D eigenvalue weighted by molar-refractivity contribution is 5.64. The Labute approximate surface area is 99.9 Å². The molecule has 1 aromatic heterocycles. The van der Waals surface area contributed by atoms with Crippen molar-refractivity contribution in [2.45, 2.75) is 13.3 Å². The fraction of sp³-hybridized carbons (Fsp3) is 0.154. The molecule has 4 heteroatoms. The van der Waals surface area contributed by atoms with Crippen LogP contribution < -0.4 is 5.32 Å². The SMILES string of the molecule is CCc1ccccc1Nc1nnccc1C#N. The van der Waals surface area contributed by atoms with Crippen LogP contribution in [-0.2, 0) is 6.42 Å². The molecule has 2 rings (SSSR count). The summed E-state index contributed by atoms with van der Waals surface area (Å²) in [5, 5.41) is 19.8. The summed E-state index contributed by atoms with van der Waals surface area (Å²) in [7, 11) is 0. The van der Waals surface area contributed by atoms with Gasteiger partial charge >= 0.3 is 0 Å². The number of para-hydroxylation sites is 1. The lowest BCUT2D eigenvalue weighted by Gasteiger charge is -2.10. The van der Waals surface area contributed by atoms with Crippen molar-refractivity contribution in [1.82, 2.24) is 10.2 Å². The van der Waals surface area contributed by atoms with Gasteiger partial charge in [-0.25, -0.2) is 0 Å².